The maximum Gasteiger partial charge on any atom is 0.0741 e. The Hall–Kier alpha value is -3.12. The van der Waals surface area contributed by atoms with E-state index in [1.165, 1.54) is 66.8 Å². The van der Waals surface area contributed by atoms with Gasteiger partial charge in [-0.1, -0.05) is 73.5 Å². The van der Waals surface area contributed by atoms with Crippen molar-refractivity contribution in [2.24, 2.45) is 9.98 Å². The molecule has 0 aromatic heterocycles. The van der Waals surface area contributed by atoms with Gasteiger partial charge in [0, 0.05) is 31.5 Å². The van der Waals surface area contributed by atoms with E-state index in [4.69, 9.17) is 9.98 Å². The van der Waals surface area contributed by atoms with E-state index in [9.17, 15) is 0 Å². The van der Waals surface area contributed by atoms with Crippen LogP contribution in [0.25, 0.3) is 22.3 Å². The summed E-state index contributed by atoms with van der Waals surface area (Å²) in [6, 6.07) is 22.3. The Bertz CT molecular complexity index is 1520. The standard InChI is InChI=1S/C38H44N2.Pd/c1-11-31-17-13-15-25(5)35(31)33-21-23(3)19-27(7)37(33)39-29(9)30(10)40-38-28(8)20-24(4)22-34(38)36-26(6)16-14-18-32(36)12-2;/h13-22H,11-12H2,1-10H3;. The van der Waals surface area contributed by atoms with E-state index >= 15 is 0 Å². The number of aryl methyl sites for hydroxylation is 8. The second-order valence-corrected chi connectivity index (χ2v) is 11.3. The summed E-state index contributed by atoms with van der Waals surface area (Å²) in [4.78, 5) is 10.6. The molecule has 0 heterocycles. The van der Waals surface area contributed by atoms with Crippen LogP contribution in [0.3, 0.4) is 0 Å². The van der Waals surface area contributed by atoms with Crippen LogP contribution >= 0.6 is 0 Å². The van der Waals surface area contributed by atoms with Gasteiger partial charge in [-0.2, -0.15) is 0 Å². The molecule has 0 N–H and O–H groups in total. The first-order valence-corrected chi connectivity index (χ1v) is 14.6. The van der Waals surface area contributed by atoms with Crippen molar-refractivity contribution in [2.45, 2.75) is 82.1 Å². The fourth-order valence-corrected chi connectivity index (χ4v) is 5.91. The third-order valence-corrected chi connectivity index (χ3v) is 7.99. The smallest absolute Gasteiger partial charge is 0.0741 e. The molecule has 0 unspecified atom stereocenters. The fourth-order valence-electron chi connectivity index (χ4n) is 5.91. The van der Waals surface area contributed by atoms with E-state index in [-0.39, 0.29) is 20.4 Å². The van der Waals surface area contributed by atoms with E-state index in [2.05, 4.69) is 130 Å². The molecule has 0 aliphatic heterocycles. The van der Waals surface area contributed by atoms with Gasteiger partial charge in [-0.05, 0) is 125 Å². The van der Waals surface area contributed by atoms with E-state index in [0.717, 1.165) is 35.6 Å². The van der Waals surface area contributed by atoms with Gasteiger partial charge >= 0.3 is 0 Å². The molecule has 41 heavy (non-hydrogen) atoms. The summed E-state index contributed by atoms with van der Waals surface area (Å²) in [5.74, 6) is 0. The van der Waals surface area contributed by atoms with Crippen LogP contribution in [0.5, 0.6) is 0 Å². The Morgan fingerprint density at radius 3 is 1.24 bits per heavy atom. The predicted molar refractivity (Wildman–Crippen MR) is 176 cm³/mol. The average Bonchev–Trinajstić information content (AvgIpc) is 2.90. The normalized spacial score (nSPS) is 12.0. The first-order valence-electron chi connectivity index (χ1n) is 14.6. The molecule has 0 bridgehead atoms. The van der Waals surface area contributed by atoms with Gasteiger partial charge in [0.05, 0.1) is 22.8 Å². The monoisotopic (exact) mass is 634 g/mol. The molecule has 4 aromatic carbocycles. The van der Waals surface area contributed by atoms with Crippen LogP contribution in [0.2, 0.25) is 0 Å². The predicted octanol–water partition coefficient (Wildman–Crippen LogP) is 10.9. The molecule has 0 aliphatic carbocycles. The Labute approximate surface area is 261 Å². The molecule has 0 radical (unpaired) electrons. The van der Waals surface area contributed by atoms with E-state index in [0.29, 0.717) is 0 Å². The zero-order valence-electron chi connectivity index (χ0n) is 26.4. The largest absolute Gasteiger partial charge is 0.251 e. The number of hydrogen-bond acceptors (Lipinski definition) is 2. The van der Waals surface area contributed by atoms with Crippen molar-refractivity contribution in [3.8, 4) is 22.3 Å². The van der Waals surface area contributed by atoms with E-state index in [1.807, 2.05) is 0 Å². The summed E-state index contributed by atoms with van der Waals surface area (Å²) >= 11 is 0. The van der Waals surface area contributed by atoms with Gasteiger partial charge in [-0.3, -0.25) is 9.98 Å². The molecule has 0 aliphatic rings. The van der Waals surface area contributed by atoms with Crippen molar-refractivity contribution < 1.29 is 20.4 Å². The van der Waals surface area contributed by atoms with Gasteiger partial charge in [0.15, 0.2) is 0 Å². The maximum absolute atomic E-state index is 5.28. The van der Waals surface area contributed by atoms with Gasteiger partial charge in [0.25, 0.3) is 0 Å². The molecular weight excluding hydrogens is 591 g/mol. The van der Waals surface area contributed by atoms with Crippen molar-refractivity contribution >= 4 is 22.8 Å². The Morgan fingerprint density at radius 2 is 0.902 bits per heavy atom. The molecule has 0 saturated heterocycles. The third-order valence-electron chi connectivity index (χ3n) is 7.99. The minimum absolute atomic E-state index is 0. The Morgan fingerprint density at radius 1 is 0.537 bits per heavy atom. The van der Waals surface area contributed by atoms with Crippen LogP contribution in [0.15, 0.2) is 70.6 Å². The van der Waals surface area contributed by atoms with Gasteiger partial charge in [0.2, 0.25) is 0 Å². The SMILES string of the molecule is CCc1cccc(C)c1-c1cc(C)cc(C)c1N=C(C)C(C)=Nc1c(C)cc(C)cc1-c1c(C)cccc1CC.[Pd]. The molecule has 4 aromatic rings. The molecule has 0 fully saturated rings. The van der Waals surface area contributed by atoms with Crippen LogP contribution in [0, 0.1) is 41.5 Å². The van der Waals surface area contributed by atoms with Crippen molar-refractivity contribution in [3.63, 3.8) is 0 Å². The quantitative estimate of drug-likeness (QED) is 0.143. The zero-order valence-corrected chi connectivity index (χ0v) is 28.0. The van der Waals surface area contributed by atoms with Gasteiger partial charge in [0.1, 0.15) is 0 Å². The van der Waals surface area contributed by atoms with E-state index in [1.54, 1.807) is 0 Å². The summed E-state index contributed by atoms with van der Waals surface area (Å²) < 4.78 is 0. The third kappa shape index (κ3) is 6.86. The van der Waals surface area contributed by atoms with Crippen molar-refractivity contribution in [1.29, 1.82) is 0 Å². The van der Waals surface area contributed by atoms with Crippen molar-refractivity contribution in [3.05, 3.63) is 105 Å². The Kier molecular flexibility index (Phi) is 10.8. The van der Waals surface area contributed by atoms with Gasteiger partial charge < -0.3 is 0 Å². The summed E-state index contributed by atoms with van der Waals surface area (Å²) in [6.45, 7) is 21.7. The first-order chi connectivity index (χ1) is 19.0. The summed E-state index contributed by atoms with van der Waals surface area (Å²) in [7, 11) is 0. The van der Waals surface area contributed by atoms with Crippen LogP contribution in [-0.4, -0.2) is 11.4 Å². The minimum atomic E-state index is 0. The molecular formula is C38H44N2Pd. The number of aliphatic imine (C=N–C) groups is 2. The fraction of sp³-hybridized carbons (Fsp3) is 0.316. The number of hydrogen-bond donors (Lipinski definition) is 0. The maximum atomic E-state index is 5.28. The van der Waals surface area contributed by atoms with Crippen LogP contribution in [0.4, 0.5) is 11.4 Å². The van der Waals surface area contributed by atoms with Gasteiger partial charge in [-0.25, -0.2) is 0 Å². The number of rotatable bonds is 7. The second kappa shape index (κ2) is 13.7. The summed E-state index contributed by atoms with van der Waals surface area (Å²) in [6.07, 6.45) is 1.97. The average molecular weight is 635 g/mol. The molecule has 0 amide bonds. The van der Waals surface area contributed by atoms with Crippen LogP contribution in [-0.2, 0) is 33.3 Å². The van der Waals surface area contributed by atoms with Gasteiger partial charge in [-0.15, -0.1) is 0 Å². The van der Waals surface area contributed by atoms with Crippen molar-refractivity contribution in [2.75, 3.05) is 0 Å². The number of benzene rings is 4. The zero-order chi connectivity index (χ0) is 29.1. The number of nitrogens with zero attached hydrogens (tertiary/aromatic N) is 2. The molecule has 3 heteroatoms. The first kappa shape index (κ1) is 32.4. The second-order valence-electron chi connectivity index (χ2n) is 11.3. The summed E-state index contributed by atoms with van der Waals surface area (Å²) in [5, 5.41) is 0. The topological polar surface area (TPSA) is 24.7 Å². The molecule has 2 nitrogen and oxygen atoms in total. The molecule has 4 rings (SSSR count). The molecule has 0 saturated carbocycles. The molecule has 216 valence electrons. The van der Waals surface area contributed by atoms with Crippen LogP contribution in [0.1, 0.15) is 72.2 Å². The minimum Gasteiger partial charge on any atom is -0.251 e. The molecule has 0 atom stereocenters. The Balaban J connectivity index is 0.00000462. The van der Waals surface area contributed by atoms with E-state index < -0.39 is 0 Å². The van der Waals surface area contributed by atoms with Crippen LogP contribution < -0.4 is 0 Å². The summed E-state index contributed by atoms with van der Waals surface area (Å²) in [5.41, 5.74) is 19.1. The molecule has 0 spiro atoms. The van der Waals surface area contributed by atoms with Crippen molar-refractivity contribution in [1.82, 2.24) is 0 Å².